The predicted octanol–water partition coefficient (Wildman–Crippen LogP) is 3.56. The van der Waals surface area contributed by atoms with Crippen molar-refractivity contribution in [1.82, 2.24) is 5.32 Å². The second-order valence-electron chi connectivity index (χ2n) is 5.21. The van der Waals surface area contributed by atoms with Gasteiger partial charge in [-0.3, -0.25) is 0 Å². The number of piperidine rings is 1. The Kier molecular flexibility index (Phi) is 4.46. The Morgan fingerprint density at radius 2 is 1.30 bits per heavy atom. The average molecular weight is 266 g/mol. The fourth-order valence-electron chi connectivity index (χ4n) is 2.66. The number of ether oxygens (including phenoxy) is 1. The summed E-state index contributed by atoms with van der Waals surface area (Å²) in [5.41, 5.74) is 2.45. The molecule has 2 aromatic carbocycles. The largest absolute Gasteiger partial charge is 0.365 e. The lowest BCUT2D eigenvalue weighted by atomic mass is 10.0. The van der Waals surface area contributed by atoms with Gasteiger partial charge >= 0.3 is 0 Å². The Bertz CT molecular complexity index is 466. The highest BCUT2D eigenvalue weighted by molar-refractivity contribution is 5.29. The molecule has 3 rings (SSSR count). The average Bonchev–Trinajstić information content (AvgIpc) is 2.55. The zero-order valence-electron chi connectivity index (χ0n) is 11.6. The molecule has 0 aromatic heterocycles. The van der Waals surface area contributed by atoms with Crippen molar-refractivity contribution in [3.63, 3.8) is 0 Å². The van der Waals surface area contributed by atoms with Gasteiger partial charge in [0.15, 0.2) is 0 Å². The first kappa shape index (κ1) is 13.3. The summed E-state index contributed by atoms with van der Waals surface area (Å²) in [4.78, 5) is 0. The highest BCUT2D eigenvalue weighted by Crippen LogP contribution is 2.29. The van der Waals surface area contributed by atoms with Crippen LogP contribution in [-0.2, 0) is 4.74 Å². The molecule has 1 heterocycles. The molecular formula is C18H20NO. The van der Waals surface area contributed by atoms with Gasteiger partial charge in [-0.25, -0.2) is 5.32 Å². The lowest BCUT2D eigenvalue weighted by molar-refractivity contribution is -0.00850. The van der Waals surface area contributed by atoms with E-state index in [1.807, 2.05) is 12.1 Å². The topological polar surface area (TPSA) is 23.3 Å². The van der Waals surface area contributed by atoms with Crippen molar-refractivity contribution in [2.24, 2.45) is 0 Å². The summed E-state index contributed by atoms with van der Waals surface area (Å²) >= 11 is 0. The number of benzene rings is 2. The summed E-state index contributed by atoms with van der Waals surface area (Å²) in [7, 11) is 0. The SMILES string of the molecule is c1ccc(C(OC2CC[N]CC2)c2ccccc2)cc1. The van der Waals surface area contributed by atoms with Crippen molar-refractivity contribution in [1.29, 1.82) is 0 Å². The third-order valence-corrected chi connectivity index (χ3v) is 3.75. The molecule has 0 amide bonds. The maximum atomic E-state index is 6.40. The van der Waals surface area contributed by atoms with Gasteiger partial charge in [0.05, 0.1) is 6.10 Å². The molecule has 0 unspecified atom stereocenters. The summed E-state index contributed by atoms with van der Waals surface area (Å²) in [6.45, 7) is 1.86. The molecule has 0 spiro atoms. The molecule has 1 saturated heterocycles. The van der Waals surface area contributed by atoms with Crippen LogP contribution in [0.25, 0.3) is 0 Å². The van der Waals surface area contributed by atoms with Gasteiger partial charge in [0.2, 0.25) is 0 Å². The minimum absolute atomic E-state index is 0.0282. The van der Waals surface area contributed by atoms with E-state index in [0.717, 1.165) is 25.9 Å². The van der Waals surface area contributed by atoms with E-state index in [0.29, 0.717) is 6.10 Å². The van der Waals surface area contributed by atoms with Crippen LogP contribution in [0, 0.1) is 0 Å². The highest BCUT2D eigenvalue weighted by atomic mass is 16.5. The molecular weight excluding hydrogens is 246 g/mol. The van der Waals surface area contributed by atoms with Gasteiger partial charge < -0.3 is 4.74 Å². The van der Waals surface area contributed by atoms with Gasteiger partial charge in [-0.15, -0.1) is 0 Å². The van der Waals surface area contributed by atoms with E-state index in [1.54, 1.807) is 0 Å². The van der Waals surface area contributed by atoms with E-state index < -0.39 is 0 Å². The Hall–Kier alpha value is -1.64. The fourth-order valence-corrected chi connectivity index (χ4v) is 2.66. The Balaban J connectivity index is 1.83. The number of rotatable bonds is 4. The van der Waals surface area contributed by atoms with Crippen LogP contribution < -0.4 is 5.32 Å². The Labute approximate surface area is 120 Å². The van der Waals surface area contributed by atoms with Crippen LogP contribution >= 0.6 is 0 Å². The molecule has 0 bridgehead atoms. The summed E-state index contributed by atoms with van der Waals surface area (Å²) < 4.78 is 6.40. The fraction of sp³-hybridized carbons (Fsp3) is 0.333. The molecule has 0 aliphatic carbocycles. The van der Waals surface area contributed by atoms with Crippen molar-refractivity contribution in [2.75, 3.05) is 13.1 Å². The van der Waals surface area contributed by atoms with Crippen LogP contribution in [0.1, 0.15) is 30.1 Å². The lowest BCUT2D eigenvalue weighted by Gasteiger charge is -2.28. The molecule has 2 heteroatoms. The number of hydrogen-bond acceptors (Lipinski definition) is 1. The standard InChI is InChI=1S/C18H20NO/c1-3-7-15(8-4-1)18(16-9-5-2-6-10-16)20-17-11-13-19-14-12-17/h1-10,17-18H,11-14H2. The summed E-state index contributed by atoms with van der Waals surface area (Å²) in [5.74, 6) is 0. The summed E-state index contributed by atoms with van der Waals surface area (Å²) in [5, 5.41) is 4.40. The molecule has 20 heavy (non-hydrogen) atoms. The van der Waals surface area contributed by atoms with Crippen LogP contribution in [0.4, 0.5) is 0 Å². The maximum absolute atomic E-state index is 6.40. The van der Waals surface area contributed by atoms with Crippen LogP contribution in [0.2, 0.25) is 0 Å². The molecule has 103 valence electrons. The van der Waals surface area contributed by atoms with Gasteiger partial charge in [0, 0.05) is 13.1 Å². The van der Waals surface area contributed by atoms with Gasteiger partial charge in [0.1, 0.15) is 6.10 Å². The van der Waals surface area contributed by atoms with E-state index >= 15 is 0 Å². The molecule has 0 N–H and O–H groups in total. The van der Waals surface area contributed by atoms with E-state index in [-0.39, 0.29) is 6.10 Å². The van der Waals surface area contributed by atoms with Crippen molar-refractivity contribution >= 4 is 0 Å². The minimum atomic E-state index is 0.0282. The molecule has 2 aromatic rings. The van der Waals surface area contributed by atoms with E-state index in [4.69, 9.17) is 4.74 Å². The molecule has 0 saturated carbocycles. The first-order chi connectivity index (χ1) is 9.93. The summed E-state index contributed by atoms with van der Waals surface area (Å²) in [6.07, 6.45) is 2.42. The monoisotopic (exact) mass is 266 g/mol. The highest BCUT2D eigenvalue weighted by Gasteiger charge is 2.21. The third kappa shape index (κ3) is 3.27. The van der Waals surface area contributed by atoms with Crippen LogP contribution in [0.15, 0.2) is 60.7 Å². The van der Waals surface area contributed by atoms with E-state index in [9.17, 15) is 0 Å². The van der Waals surface area contributed by atoms with Crippen molar-refractivity contribution < 1.29 is 4.74 Å². The van der Waals surface area contributed by atoms with Crippen molar-refractivity contribution in [3.05, 3.63) is 71.8 Å². The number of nitrogens with zero attached hydrogens (tertiary/aromatic N) is 1. The van der Waals surface area contributed by atoms with E-state index in [2.05, 4.69) is 53.8 Å². The van der Waals surface area contributed by atoms with Gasteiger partial charge in [0.25, 0.3) is 0 Å². The van der Waals surface area contributed by atoms with Crippen LogP contribution in [0.5, 0.6) is 0 Å². The quantitative estimate of drug-likeness (QED) is 0.830. The van der Waals surface area contributed by atoms with Gasteiger partial charge in [-0.2, -0.15) is 0 Å². The zero-order valence-corrected chi connectivity index (χ0v) is 11.6. The smallest absolute Gasteiger partial charge is 0.108 e. The summed E-state index contributed by atoms with van der Waals surface area (Å²) in [6, 6.07) is 21.0. The number of hydrogen-bond donors (Lipinski definition) is 0. The minimum Gasteiger partial charge on any atom is -0.365 e. The van der Waals surface area contributed by atoms with Gasteiger partial charge in [-0.1, -0.05) is 60.7 Å². The Morgan fingerprint density at radius 1 is 0.800 bits per heavy atom. The molecule has 1 aliphatic heterocycles. The van der Waals surface area contributed by atoms with E-state index in [1.165, 1.54) is 11.1 Å². The second kappa shape index (κ2) is 6.69. The van der Waals surface area contributed by atoms with Crippen molar-refractivity contribution in [2.45, 2.75) is 25.0 Å². The zero-order chi connectivity index (χ0) is 13.6. The predicted molar refractivity (Wildman–Crippen MR) is 80.7 cm³/mol. The van der Waals surface area contributed by atoms with Crippen molar-refractivity contribution in [3.8, 4) is 0 Å². The molecule has 2 nitrogen and oxygen atoms in total. The molecule has 0 atom stereocenters. The first-order valence-corrected chi connectivity index (χ1v) is 7.32. The van der Waals surface area contributed by atoms with Crippen LogP contribution in [0.3, 0.4) is 0 Å². The maximum Gasteiger partial charge on any atom is 0.108 e. The normalized spacial score (nSPS) is 16.4. The molecule has 1 fully saturated rings. The molecule has 1 radical (unpaired) electrons. The second-order valence-corrected chi connectivity index (χ2v) is 5.21. The lowest BCUT2D eigenvalue weighted by Crippen LogP contribution is -2.29. The third-order valence-electron chi connectivity index (χ3n) is 3.75. The first-order valence-electron chi connectivity index (χ1n) is 7.32. The Morgan fingerprint density at radius 3 is 1.80 bits per heavy atom. The molecule has 1 aliphatic rings. The van der Waals surface area contributed by atoms with Gasteiger partial charge in [-0.05, 0) is 24.0 Å². The van der Waals surface area contributed by atoms with Crippen LogP contribution in [-0.4, -0.2) is 19.2 Å².